The number of pyridine rings is 1. The minimum absolute atomic E-state index is 0.637. The molecule has 4 rings (SSSR count). The molecule has 0 fully saturated rings. The molecular formula is C24H16N2. The lowest BCUT2D eigenvalue weighted by atomic mass is 9.94. The fourth-order valence-corrected chi connectivity index (χ4v) is 3.07. The van der Waals surface area contributed by atoms with E-state index >= 15 is 0 Å². The van der Waals surface area contributed by atoms with Crippen molar-refractivity contribution in [1.29, 1.82) is 5.26 Å². The average Bonchev–Trinajstić information content (AvgIpc) is 2.74. The molecule has 2 nitrogen and oxygen atoms in total. The second kappa shape index (κ2) is 7.04. The fraction of sp³-hybridized carbons (Fsp3) is 0. The topological polar surface area (TPSA) is 36.7 Å². The maximum Gasteiger partial charge on any atom is 0.0991 e. The van der Waals surface area contributed by atoms with Gasteiger partial charge in [-0.05, 0) is 34.9 Å². The van der Waals surface area contributed by atoms with Crippen molar-refractivity contribution in [3.8, 4) is 39.6 Å². The zero-order valence-electron chi connectivity index (χ0n) is 14.1. The van der Waals surface area contributed by atoms with E-state index in [0.717, 1.165) is 33.5 Å². The second-order valence-corrected chi connectivity index (χ2v) is 6.04. The third-order valence-electron chi connectivity index (χ3n) is 4.36. The number of aromatic nitrogens is 1. The summed E-state index contributed by atoms with van der Waals surface area (Å²) in [6.07, 6.45) is 1.92. The Morgan fingerprint density at radius 2 is 1.23 bits per heavy atom. The molecule has 4 aromatic rings. The highest BCUT2D eigenvalue weighted by atomic mass is 14.7. The lowest BCUT2D eigenvalue weighted by Gasteiger charge is -2.12. The van der Waals surface area contributed by atoms with Gasteiger partial charge in [0.05, 0.1) is 17.3 Å². The largest absolute Gasteiger partial charge is 0.256 e. The van der Waals surface area contributed by atoms with E-state index in [2.05, 4.69) is 41.4 Å². The van der Waals surface area contributed by atoms with Crippen molar-refractivity contribution in [1.82, 2.24) is 4.98 Å². The fourth-order valence-electron chi connectivity index (χ4n) is 3.07. The average molecular weight is 332 g/mol. The van der Waals surface area contributed by atoms with Crippen molar-refractivity contribution >= 4 is 0 Å². The molecule has 0 amide bonds. The third kappa shape index (κ3) is 3.11. The van der Waals surface area contributed by atoms with E-state index in [0.29, 0.717) is 5.56 Å². The van der Waals surface area contributed by atoms with E-state index in [1.165, 1.54) is 0 Å². The molecule has 0 saturated heterocycles. The van der Waals surface area contributed by atoms with Crippen molar-refractivity contribution in [2.24, 2.45) is 0 Å². The second-order valence-electron chi connectivity index (χ2n) is 6.04. The number of nitriles is 1. The Morgan fingerprint density at radius 1 is 0.615 bits per heavy atom. The molecule has 0 aliphatic rings. The molecule has 2 heteroatoms. The summed E-state index contributed by atoms with van der Waals surface area (Å²) in [5.74, 6) is 0. The minimum atomic E-state index is 0.637. The van der Waals surface area contributed by atoms with E-state index in [4.69, 9.17) is 5.26 Å². The molecular weight excluding hydrogens is 316 g/mol. The summed E-state index contributed by atoms with van der Waals surface area (Å²) in [6, 6.07) is 32.5. The van der Waals surface area contributed by atoms with Crippen LogP contribution < -0.4 is 0 Å². The molecule has 0 unspecified atom stereocenters. The Morgan fingerprint density at radius 3 is 1.88 bits per heavy atom. The van der Waals surface area contributed by atoms with Crippen LogP contribution in [0.4, 0.5) is 0 Å². The van der Waals surface area contributed by atoms with E-state index in [-0.39, 0.29) is 0 Å². The van der Waals surface area contributed by atoms with Crippen molar-refractivity contribution in [3.05, 3.63) is 103 Å². The molecule has 122 valence electrons. The van der Waals surface area contributed by atoms with Crippen molar-refractivity contribution < 1.29 is 0 Å². The van der Waals surface area contributed by atoms with Crippen molar-refractivity contribution in [2.75, 3.05) is 0 Å². The van der Waals surface area contributed by atoms with Crippen LogP contribution in [0.15, 0.2) is 97.2 Å². The standard InChI is InChI=1S/C24H16N2/c25-16-18-8-7-13-21(14-18)24-15-22(19-9-3-1-4-10-19)23(17-26-24)20-11-5-2-6-12-20/h1-15,17H. The number of hydrogen-bond donors (Lipinski definition) is 0. The van der Waals surface area contributed by atoms with E-state index in [9.17, 15) is 0 Å². The number of rotatable bonds is 3. The van der Waals surface area contributed by atoms with Gasteiger partial charge in [0.2, 0.25) is 0 Å². The van der Waals surface area contributed by atoms with Crippen LogP contribution in [0.3, 0.4) is 0 Å². The van der Waals surface area contributed by atoms with Gasteiger partial charge in [-0.15, -0.1) is 0 Å². The monoisotopic (exact) mass is 332 g/mol. The highest BCUT2D eigenvalue weighted by Gasteiger charge is 2.11. The lowest BCUT2D eigenvalue weighted by Crippen LogP contribution is -1.91. The van der Waals surface area contributed by atoms with Crippen LogP contribution in [0.2, 0.25) is 0 Å². The van der Waals surface area contributed by atoms with Gasteiger partial charge in [0.15, 0.2) is 0 Å². The third-order valence-corrected chi connectivity index (χ3v) is 4.36. The maximum atomic E-state index is 9.16. The molecule has 3 aromatic carbocycles. The van der Waals surface area contributed by atoms with Gasteiger partial charge in [-0.1, -0.05) is 72.8 Å². The van der Waals surface area contributed by atoms with E-state index in [1.54, 1.807) is 6.07 Å². The van der Waals surface area contributed by atoms with Gasteiger partial charge in [0, 0.05) is 17.3 Å². The normalized spacial score (nSPS) is 10.3. The maximum absolute atomic E-state index is 9.16. The van der Waals surface area contributed by atoms with Gasteiger partial charge in [0.1, 0.15) is 0 Å². The lowest BCUT2D eigenvalue weighted by molar-refractivity contribution is 1.32. The van der Waals surface area contributed by atoms with Gasteiger partial charge in [-0.2, -0.15) is 5.26 Å². The summed E-state index contributed by atoms with van der Waals surface area (Å²) >= 11 is 0. The van der Waals surface area contributed by atoms with Crippen LogP contribution in [0.1, 0.15) is 5.56 Å². The first-order chi connectivity index (χ1) is 12.8. The summed E-state index contributed by atoms with van der Waals surface area (Å²) in [7, 11) is 0. The summed E-state index contributed by atoms with van der Waals surface area (Å²) in [4.78, 5) is 4.68. The Hall–Kier alpha value is -3.70. The van der Waals surface area contributed by atoms with Gasteiger partial charge < -0.3 is 0 Å². The number of nitrogens with zero attached hydrogens (tertiary/aromatic N) is 2. The van der Waals surface area contributed by atoms with Crippen LogP contribution in [0.25, 0.3) is 33.5 Å². The first-order valence-corrected chi connectivity index (χ1v) is 8.46. The Balaban J connectivity index is 1.91. The van der Waals surface area contributed by atoms with Crippen LogP contribution in [0.5, 0.6) is 0 Å². The minimum Gasteiger partial charge on any atom is -0.256 e. The Kier molecular flexibility index (Phi) is 4.28. The predicted molar refractivity (Wildman–Crippen MR) is 105 cm³/mol. The summed E-state index contributed by atoms with van der Waals surface area (Å²) in [6.45, 7) is 0. The predicted octanol–water partition coefficient (Wildman–Crippen LogP) is 5.95. The highest BCUT2D eigenvalue weighted by Crippen LogP contribution is 2.34. The van der Waals surface area contributed by atoms with E-state index in [1.807, 2.05) is 60.8 Å². The SMILES string of the molecule is N#Cc1cccc(-c2cc(-c3ccccc3)c(-c3ccccc3)cn2)c1. The first-order valence-electron chi connectivity index (χ1n) is 8.46. The van der Waals surface area contributed by atoms with Crippen molar-refractivity contribution in [3.63, 3.8) is 0 Å². The van der Waals surface area contributed by atoms with Crippen LogP contribution in [-0.4, -0.2) is 4.98 Å². The molecule has 0 aliphatic heterocycles. The molecule has 0 saturated carbocycles. The van der Waals surface area contributed by atoms with Gasteiger partial charge >= 0.3 is 0 Å². The molecule has 0 N–H and O–H groups in total. The molecule has 0 atom stereocenters. The first kappa shape index (κ1) is 15.8. The summed E-state index contributed by atoms with van der Waals surface area (Å²) in [5.41, 5.74) is 6.95. The van der Waals surface area contributed by atoms with Crippen molar-refractivity contribution in [2.45, 2.75) is 0 Å². The highest BCUT2D eigenvalue weighted by molar-refractivity contribution is 5.85. The van der Waals surface area contributed by atoms with Gasteiger partial charge in [0.25, 0.3) is 0 Å². The molecule has 0 bridgehead atoms. The molecule has 0 radical (unpaired) electrons. The van der Waals surface area contributed by atoms with Gasteiger partial charge in [-0.3, -0.25) is 4.98 Å². The summed E-state index contributed by atoms with van der Waals surface area (Å²) in [5, 5.41) is 9.16. The zero-order valence-corrected chi connectivity index (χ0v) is 14.1. The van der Waals surface area contributed by atoms with E-state index < -0.39 is 0 Å². The van der Waals surface area contributed by atoms with Crippen LogP contribution in [0, 0.1) is 11.3 Å². The molecule has 1 heterocycles. The quantitative estimate of drug-likeness (QED) is 0.464. The number of hydrogen-bond acceptors (Lipinski definition) is 2. The molecule has 0 aliphatic carbocycles. The van der Waals surface area contributed by atoms with Crippen LogP contribution in [-0.2, 0) is 0 Å². The summed E-state index contributed by atoms with van der Waals surface area (Å²) < 4.78 is 0. The van der Waals surface area contributed by atoms with Gasteiger partial charge in [-0.25, -0.2) is 0 Å². The smallest absolute Gasteiger partial charge is 0.0991 e. The molecule has 26 heavy (non-hydrogen) atoms. The zero-order chi connectivity index (χ0) is 17.8. The molecule has 1 aromatic heterocycles. The Bertz CT molecular complexity index is 1080. The molecule has 0 spiro atoms. The Labute approximate surface area is 153 Å². The number of benzene rings is 3. The van der Waals surface area contributed by atoms with Crippen LogP contribution >= 0.6 is 0 Å².